The van der Waals surface area contributed by atoms with Crippen LogP contribution < -0.4 is 9.47 Å². The Morgan fingerprint density at radius 2 is 1.74 bits per heavy atom. The van der Waals surface area contributed by atoms with Gasteiger partial charge in [0.15, 0.2) is 0 Å². The van der Waals surface area contributed by atoms with Crippen molar-refractivity contribution in [2.45, 2.75) is 86.0 Å². The number of esters is 1. The highest BCUT2D eigenvalue weighted by atomic mass is 16.7. The lowest BCUT2D eigenvalue weighted by atomic mass is 9.78. The molecule has 1 aliphatic heterocycles. The van der Waals surface area contributed by atoms with Gasteiger partial charge in [-0.1, -0.05) is 76.8 Å². The first-order valence-corrected chi connectivity index (χ1v) is 12.4. The van der Waals surface area contributed by atoms with Gasteiger partial charge in [0.25, 0.3) is 0 Å². The molecule has 4 heteroatoms. The second kappa shape index (κ2) is 10.2. The Labute approximate surface area is 205 Å². The maximum absolute atomic E-state index is 12.3. The quantitative estimate of drug-likeness (QED) is 0.213. The highest BCUT2D eigenvalue weighted by molar-refractivity contribution is 5.90. The number of hydrogen-bond acceptors (Lipinski definition) is 4. The first-order chi connectivity index (χ1) is 15.9. The summed E-state index contributed by atoms with van der Waals surface area (Å²) in [5, 5.41) is 0. The molecule has 0 saturated carbocycles. The van der Waals surface area contributed by atoms with Crippen molar-refractivity contribution in [3.8, 4) is 22.6 Å². The molecule has 4 nitrogen and oxygen atoms in total. The van der Waals surface area contributed by atoms with Crippen LogP contribution in [0.25, 0.3) is 16.9 Å². The second-order valence-corrected chi connectivity index (χ2v) is 11.1. The van der Waals surface area contributed by atoms with Crippen molar-refractivity contribution in [1.82, 2.24) is 0 Å². The Bertz CT molecular complexity index is 1060. The Morgan fingerprint density at radius 3 is 2.41 bits per heavy atom. The highest BCUT2D eigenvalue weighted by Crippen LogP contribution is 2.49. The van der Waals surface area contributed by atoms with Crippen molar-refractivity contribution in [2.24, 2.45) is 5.41 Å². The average molecular weight is 465 g/mol. The molecule has 2 aromatic rings. The van der Waals surface area contributed by atoms with Crippen LogP contribution in [0.5, 0.6) is 11.5 Å². The number of unbranched alkanes of at least 4 members (excludes halogenated alkanes) is 3. The molecule has 0 unspecified atom stereocenters. The number of benzene rings is 2. The molecule has 0 N–H and O–H groups in total. The van der Waals surface area contributed by atoms with E-state index in [2.05, 4.69) is 58.5 Å². The van der Waals surface area contributed by atoms with Crippen LogP contribution in [0, 0.1) is 12.3 Å². The zero-order chi connectivity index (χ0) is 25.1. The van der Waals surface area contributed by atoms with Crippen molar-refractivity contribution in [3.05, 3.63) is 53.6 Å². The van der Waals surface area contributed by atoms with Crippen molar-refractivity contribution >= 4 is 11.7 Å². The summed E-state index contributed by atoms with van der Waals surface area (Å²) in [7, 11) is 0. The topological polar surface area (TPSA) is 44.8 Å². The van der Waals surface area contributed by atoms with Crippen LogP contribution in [0.2, 0.25) is 0 Å². The number of fused-ring (bicyclic) bond motifs is 3. The molecule has 184 valence electrons. The van der Waals surface area contributed by atoms with E-state index in [-0.39, 0.29) is 18.2 Å². The van der Waals surface area contributed by atoms with Gasteiger partial charge in [0.05, 0.1) is 11.0 Å². The number of rotatable bonds is 9. The van der Waals surface area contributed by atoms with Crippen LogP contribution >= 0.6 is 0 Å². The van der Waals surface area contributed by atoms with Crippen LogP contribution in [-0.4, -0.2) is 12.8 Å². The van der Waals surface area contributed by atoms with Gasteiger partial charge in [0.2, 0.25) is 6.79 Å². The van der Waals surface area contributed by atoms with Gasteiger partial charge in [0, 0.05) is 11.1 Å². The molecule has 3 rings (SSSR count). The third-order valence-electron chi connectivity index (χ3n) is 6.50. The standard InChI is InChI=1S/C30H40O4/c1-9-10-11-12-15-30(7,8)22-17-25(32-19-33-28(31)29(4,5)6)27-24-16-20(2)13-14-23(24)21(3)34-26(27)18-22/h13-14,16-18H,3,9-12,15,19H2,1-2,4-8H3. The lowest BCUT2D eigenvalue weighted by Gasteiger charge is -2.30. The molecular weight excluding hydrogens is 424 g/mol. The predicted octanol–water partition coefficient (Wildman–Crippen LogP) is 8.20. The Hall–Kier alpha value is -2.75. The summed E-state index contributed by atoms with van der Waals surface area (Å²) < 4.78 is 17.8. The molecule has 0 aliphatic carbocycles. The van der Waals surface area contributed by atoms with Gasteiger partial charge >= 0.3 is 5.97 Å². The van der Waals surface area contributed by atoms with Gasteiger partial charge in [-0.3, -0.25) is 4.79 Å². The maximum Gasteiger partial charge on any atom is 0.314 e. The first-order valence-electron chi connectivity index (χ1n) is 12.4. The fourth-order valence-electron chi connectivity index (χ4n) is 4.24. The summed E-state index contributed by atoms with van der Waals surface area (Å²) in [6.07, 6.45) is 5.96. The van der Waals surface area contributed by atoms with Crippen LogP contribution in [0.1, 0.15) is 90.3 Å². The monoisotopic (exact) mass is 464 g/mol. The molecule has 0 atom stereocenters. The predicted molar refractivity (Wildman–Crippen MR) is 139 cm³/mol. The summed E-state index contributed by atoms with van der Waals surface area (Å²) in [6.45, 7) is 18.3. The average Bonchev–Trinajstić information content (AvgIpc) is 2.75. The highest BCUT2D eigenvalue weighted by Gasteiger charge is 2.30. The molecule has 2 aromatic carbocycles. The van der Waals surface area contributed by atoms with Crippen molar-refractivity contribution < 1.29 is 19.0 Å². The zero-order valence-electron chi connectivity index (χ0n) is 22.0. The summed E-state index contributed by atoms with van der Waals surface area (Å²) in [5.41, 5.74) is 4.49. The van der Waals surface area contributed by atoms with Crippen molar-refractivity contribution in [2.75, 3.05) is 6.79 Å². The SMILES string of the molecule is C=C1Oc2cc(C(C)(C)CCCCCC)cc(OCOC(=O)C(C)(C)C)c2-c2cc(C)ccc21. The van der Waals surface area contributed by atoms with Gasteiger partial charge in [-0.15, -0.1) is 0 Å². The van der Waals surface area contributed by atoms with E-state index in [0.29, 0.717) is 11.5 Å². The number of carbonyl (C=O) groups excluding carboxylic acids is 1. The molecular formula is C30H40O4. The Morgan fingerprint density at radius 1 is 1.00 bits per heavy atom. The molecule has 1 aliphatic rings. The normalized spacial score (nSPS) is 13.1. The van der Waals surface area contributed by atoms with E-state index in [1.807, 2.05) is 26.8 Å². The molecule has 34 heavy (non-hydrogen) atoms. The lowest BCUT2D eigenvalue weighted by molar-refractivity contribution is -0.159. The van der Waals surface area contributed by atoms with Gasteiger partial charge < -0.3 is 14.2 Å². The Kier molecular flexibility index (Phi) is 7.80. The number of ether oxygens (including phenoxy) is 3. The van der Waals surface area contributed by atoms with Crippen molar-refractivity contribution in [3.63, 3.8) is 0 Å². The minimum absolute atomic E-state index is 0.0550. The van der Waals surface area contributed by atoms with E-state index >= 15 is 0 Å². The minimum Gasteiger partial charge on any atom is -0.457 e. The second-order valence-electron chi connectivity index (χ2n) is 11.1. The molecule has 0 amide bonds. The molecule has 0 saturated heterocycles. The van der Waals surface area contributed by atoms with Gasteiger partial charge in [0.1, 0.15) is 17.3 Å². The Balaban J connectivity index is 2.00. The molecule has 0 radical (unpaired) electrons. The molecule has 0 bridgehead atoms. The zero-order valence-corrected chi connectivity index (χ0v) is 22.0. The summed E-state index contributed by atoms with van der Waals surface area (Å²) in [4.78, 5) is 12.3. The fourth-order valence-corrected chi connectivity index (χ4v) is 4.24. The van der Waals surface area contributed by atoms with E-state index in [1.54, 1.807) is 0 Å². The molecule has 0 spiro atoms. The van der Waals surface area contributed by atoms with E-state index < -0.39 is 5.41 Å². The van der Waals surface area contributed by atoms with Gasteiger partial charge in [-0.2, -0.15) is 0 Å². The molecule has 0 fully saturated rings. The maximum atomic E-state index is 12.3. The summed E-state index contributed by atoms with van der Waals surface area (Å²) in [5.74, 6) is 1.73. The lowest BCUT2D eigenvalue weighted by Crippen LogP contribution is -2.25. The van der Waals surface area contributed by atoms with Crippen LogP contribution in [0.3, 0.4) is 0 Å². The molecule has 1 heterocycles. The summed E-state index contributed by atoms with van der Waals surface area (Å²) >= 11 is 0. The van der Waals surface area contributed by atoms with Crippen LogP contribution in [-0.2, 0) is 14.9 Å². The fraction of sp³-hybridized carbons (Fsp3) is 0.500. The number of aryl methyl sites for hydroxylation is 1. The minimum atomic E-state index is -0.588. The molecule has 0 aromatic heterocycles. The third-order valence-corrected chi connectivity index (χ3v) is 6.50. The van der Waals surface area contributed by atoms with E-state index in [1.165, 1.54) is 25.7 Å². The smallest absolute Gasteiger partial charge is 0.314 e. The summed E-state index contributed by atoms with van der Waals surface area (Å²) in [6, 6.07) is 10.4. The van der Waals surface area contributed by atoms with E-state index in [0.717, 1.165) is 40.0 Å². The van der Waals surface area contributed by atoms with E-state index in [4.69, 9.17) is 14.2 Å². The van der Waals surface area contributed by atoms with Crippen LogP contribution in [0.15, 0.2) is 36.9 Å². The first kappa shape index (κ1) is 25.9. The van der Waals surface area contributed by atoms with Gasteiger partial charge in [-0.25, -0.2) is 0 Å². The van der Waals surface area contributed by atoms with Crippen LogP contribution in [0.4, 0.5) is 0 Å². The van der Waals surface area contributed by atoms with Crippen molar-refractivity contribution in [1.29, 1.82) is 0 Å². The number of hydrogen-bond donors (Lipinski definition) is 0. The third kappa shape index (κ3) is 5.84. The largest absolute Gasteiger partial charge is 0.457 e. The van der Waals surface area contributed by atoms with E-state index in [9.17, 15) is 4.79 Å². The van der Waals surface area contributed by atoms with Gasteiger partial charge in [-0.05, 0) is 57.2 Å². The number of carbonyl (C=O) groups is 1.